The molecule has 8 heteroatoms. The molecule has 194 valence electrons. The van der Waals surface area contributed by atoms with E-state index in [9.17, 15) is 25.2 Å². The average molecular weight is 475 g/mol. The second kappa shape index (κ2) is 17.4. The van der Waals surface area contributed by atoms with Gasteiger partial charge in [-0.1, -0.05) is 70.4 Å². The number of unbranched alkanes of at least 4 members (excludes halogenated alkanes) is 11. The van der Waals surface area contributed by atoms with E-state index in [4.69, 9.17) is 14.2 Å². The molecule has 1 fully saturated rings. The molecule has 0 radical (unpaired) electrons. The van der Waals surface area contributed by atoms with E-state index in [1.807, 2.05) is 0 Å². The van der Waals surface area contributed by atoms with Gasteiger partial charge in [0, 0.05) is 13.5 Å². The van der Waals surface area contributed by atoms with E-state index in [2.05, 4.69) is 19.1 Å². The first-order valence-corrected chi connectivity index (χ1v) is 12.6. The van der Waals surface area contributed by atoms with E-state index in [1.54, 1.807) is 0 Å². The van der Waals surface area contributed by atoms with Crippen molar-refractivity contribution in [3.63, 3.8) is 0 Å². The van der Waals surface area contributed by atoms with Gasteiger partial charge in [0.15, 0.2) is 12.4 Å². The van der Waals surface area contributed by atoms with Crippen LogP contribution in [0.3, 0.4) is 0 Å². The second-order valence-electron chi connectivity index (χ2n) is 8.93. The number of aliphatic hydroxyl groups is 4. The minimum atomic E-state index is -2.17. The van der Waals surface area contributed by atoms with Crippen molar-refractivity contribution in [1.29, 1.82) is 0 Å². The Labute approximate surface area is 198 Å². The summed E-state index contributed by atoms with van der Waals surface area (Å²) in [5.74, 6) is -2.82. The lowest BCUT2D eigenvalue weighted by Crippen LogP contribution is -2.67. The van der Waals surface area contributed by atoms with Gasteiger partial charge in [-0.3, -0.25) is 4.79 Å². The predicted molar refractivity (Wildman–Crippen MR) is 125 cm³/mol. The van der Waals surface area contributed by atoms with Gasteiger partial charge >= 0.3 is 5.97 Å². The van der Waals surface area contributed by atoms with Gasteiger partial charge in [0.05, 0.1) is 0 Å². The molecule has 0 aliphatic carbocycles. The fourth-order valence-corrected chi connectivity index (χ4v) is 3.96. The highest BCUT2D eigenvalue weighted by Crippen LogP contribution is 2.32. The normalized spacial score (nSPS) is 27.8. The summed E-state index contributed by atoms with van der Waals surface area (Å²) in [6.45, 7) is 1.36. The van der Waals surface area contributed by atoms with Crippen LogP contribution in [-0.4, -0.2) is 70.5 Å². The van der Waals surface area contributed by atoms with Crippen LogP contribution < -0.4 is 0 Å². The number of allylic oxidation sites excluding steroid dienone is 2. The number of hydrogen-bond donors (Lipinski definition) is 4. The molecule has 0 aromatic rings. The van der Waals surface area contributed by atoms with Crippen molar-refractivity contribution >= 4 is 5.97 Å². The maximum absolute atomic E-state index is 12.2. The van der Waals surface area contributed by atoms with E-state index < -0.39 is 43.0 Å². The zero-order valence-electron chi connectivity index (χ0n) is 20.5. The summed E-state index contributed by atoms with van der Waals surface area (Å²) in [4.78, 5) is 12.2. The van der Waals surface area contributed by atoms with Crippen LogP contribution in [0.1, 0.15) is 96.8 Å². The predicted octanol–water partition coefficient (Wildman–Crippen LogP) is 3.34. The lowest BCUT2D eigenvalue weighted by Gasteiger charge is -2.46. The number of ether oxygens (including phenoxy) is 3. The fraction of sp³-hybridized carbons (Fsp3) is 0.880. The number of methoxy groups -OCH3 is 1. The molecule has 1 saturated heterocycles. The molecule has 0 saturated carbocycles. The second-order valence-corrected chi connectivity index (χ2v) is 8.93. The molecule has 5 atom stereocenters. The SMILES string of the molecule is CCCCCCCC/C=C\CCCCCCCC(=O)OC1(CO)O[C@H](OC)[C@@H](O)[C@@H](O)[C@H]1O. The summed E-state index contributed by atoms with van der Waals surface area (Å²) < 4.78 is 15.4. The standard InChI is InChI=1S/C25H46O8/c1-3-4-5-6-7-8-9-10-11-12-13-14-15-16-17-18-20(27)32-25(19-26)23(30)21(28)22(29)24(31-2)33-25/h10-11,21-24,26,28-30H,3-9,12-19H2,1-2H3/b11-10-/t21-,22+,23-,24+,25?/m1/s1. The fourth-order valence-electron chi connectivity index (χ4n) is 3.96. The van der Waals surface area contributed by atoms with Crippen molar-refractivity contribution < 1.29 is 39.4 Å². The van der Waals surface area contributed by atoms with E-state index in [1.165, 1.54) is 52.1 Å². The lowest BCUT2D eigenvalue weighted by atomic mass is 9.96. The highest BCUT2D eigenvalue weighted by Gasteiger charge is 2.56. The number of carbonyl (C=O) groups is 1. The van der Waals surface area contributed by atoms with Gasteiger partial charge < -0.3 is 34.6 Å². The molecule has 1 aliphatic heterocycles. The van der Waals surface area contributed by atoms with Crippen molar-refractivity contribution in [1.82, 2.24) is 0 Å². The van der Waals surface area contributed by atoms with Crippen LogP contribution in [0.25, 0.3) is 0 Å². The topological polar surface area (TPSA) is 126 Å². The summed E-state index contributed by atoms with van der Waals surface area (Å²) in [7, 11) is 1.23. The molecule has 8 nitrogen and oxygen atoms in total. The molecule has 0 aromatic carbocycles. The van der Waals surface area contributed by atoms with Crippen molar-refractivity contribution in [2.45, 2.75) is 127 Å². The molecule has 33 heavy (non-hydrogen) atoms. The van der Waals surface area contributed by atoms with Crippen molar-refractivity contribution in [3.8, 4) is 0 Å². The number of carbonyl (C=O) groups excluding carboxylic acids is 1. The Hall–Kier alpha value is -1.03. The van der Waals surface area contributed by atoms with E-state index in [0.717, 1.165) is 32.1 Å². The third kappa shape index (κ3) is 10.8. The van der Waals surface area contributed by atoms with E-state index in [-0.39, 0.29) is 6.42 Å². The number of esters is 1. The molecule has 4 N–H and O–H groups in total. The van der Waals surface area contributed by atoms with Gasteiger partial charge in [-0.05, 0) is 32.1 Å². The first-order chi connectivity index (χ1) is 15.9. The minimum absolute atomic E-state index is 0.103. The highest BCUT2D eigenvalue weighted by molar-refractivity contribution is 5.69. The first kappa shape index (κ1) is 30.0. The quantitative estimate of drug-likeness (QED) is 0.135. The maximum Gasteiger partial charge on any atom is 0.308 e. The number of aliphatic hydroxyl groups excluding tert-OH is 4. The largest absolute Gasteiger partial charge is 0.427 e. The van der Waals surface area contributed by atoms with Gasteiger partial charge in [0.25, 0.3) is 5.79 Å². The average Bonchev–Trinajstić information content (AvgIpc) is 2.82. The van der Waals surface area contributed by atoms with Gasteiger partial charge in [-0.15, -0.1) is 0 Å². The van der Waals surface area contributed by atoms with Gasteiger partial charge in [0.2, 0.25) is 0 Å². The van der Waals surface area contributed by atoms with Crippen LogP contribution in [0.4, 0.5) is 0 Å². The monoisotopic (exact) mass is 474 g/mol. The molecule has 1 rings (SSSR count). The van der Waals surface area contributed by atoms with Crippen molar-refractivity contribution in [3.05, 3.63) is 12.2 Å². The Kier molecular flexibility index (Phi) is 15.8. The Balaban J connectivity index is 2.14. The Bertz CT molecular complexity index is 538. The van der Waals surface area contributed by atoms with Crippen LogP contribution in [-0.2, 0) is 19.0 Å². The van der Waals surface area contributed by atoms with Gasteiger partial charge in [-0.2, -0.15) is 0 Å². The molecule has 1 unspecified atom stereocenters. The zero-order chi connectivity index (χ0) is 24.5. The van der Waals surface area contributed by atoms with Crippen LogP contribution in [0.15, 0.2) is 12.2 Å². The Morgan fingerprint density at radius 2 is 1.42 bits per heavy atom. The molecule has 1 heterocycles. The summed E-state index contributed by atoms with van der Waals surface area (Å²) in [5.41, 5.74) is 0. The molecule has 0 aromatic heterocycles. The number of rotatable bonds is 18. The van der Waals surface area contributed by atoms with Crippen molar-refractivity contribution in [2.24, 2.45) is 0 Å². The molecule has 0 spiro atoms. The Morgan fingerprint density at radius 1 is 0.879 bits per heavy atom. The van der Waals surface area contributed by atoms with E-state index >= 15 is 0 Å². The summed E-state index contributed by atoms with van der Waals surface area (Å²) in [6.07, 6.45) is 13.2. The lowest BCUT2D eigenvalue weighted by molar-refractivity contribution is -0.394. The van der Waals surface area contributed by atoms with Gasteiger partial charge in [0.1, 0.15) is 18.8 Å². The Morgan fingerprint density at radius 3 is 1.97 bits per heavy atom. The van der Waals surface area contributed by atoms with Crippen LogP contribution in [0.2, 0.25) is 0 Å². The molecule has 1 aliphatic rings. The van der Waals surface area contributed by atoms with Crippen molar-refractivity contribution in [2.75, 3.05) is 13.7 Å². The third-order valence-electron chi connectivity index (χ3n) is 6.10. The molecule has 0 bridgehead atoms. The summed E-state index contributed by atoms with van der Waals surface area (Å²) in [5, 5.41) is 39.7. The minimum Gasteiger partial charge on any atom is -0.427 e. The number of hydrogen-bond acceptors (Lipinski definition) is 8. The van der Waals surface area contributed by atoms with Crippen LogP contribution >= 0.6 is 0 Å². The zero-order valence-corrected chi connectivity index (χ0v) is 20.5. The molecule has 0 amide bonds. The van der Waals surface area contributed by atoms with Gasteiger partial charge in [-0.25, -0.2) is 0 Å². The smallest absolute Gasteiger partial charge is 0.308 e. The highest BCUT2D eigenvalue weighted by atomic mass is 16.8. The van der Waals surface area contributed by atoms with E-state index in [0.29, 0.717) is 6.42 Å². The molecular weight excluding hydrogens is 428 g/mol. The summed E-state index contributed by atoms with van der Waals surface area (Å²) >= 11 is 0. The first-order valence-electron chi connectivity index (χ1n) is 12.6. The third-order valence-corrected chi connectivity index (χ3v) is 6.10. The summed E-state index contributed by atoms with van der Waals surface area (Å²) in [6, 6.07) is 0. The van der Waals surface area contributed by atoms with Crippen LogP contribution in [0, 0.1) is 0 Å². The maximum atomic E-state index is 12.2. The van der Waals surface area contributed by atoms with Crippen LogP contribution in [0.5, 0.6) is 0 Å². The molecular formula is C25H46O8.